The summed E-state index contributed by atoms with van der Waals surface area (Å²) in [5.74, 6) is 1.02. The largest absolute Gasteiger partial charge is 0.489 e. The van der Waals surface area contributed by atoms with E-state index in [9.17, 15) is 5.11 Å². The van der Waals surface area contributed by atoms with E-state index in [0.717, 1.165) is 51.2 Å². The number of fused-ring (bicyclic) bond motifs is 1. The van der Waals surface area contributed by atoms with Crippen LogP contribution in [0.5, 0.6) is 5.75 Å². The number of aliphatic hydroxyl groups is 1. The fourth-order valence-electron chi connectivity index (χ4n) is 5.02. The Morgan fingerprint density at radius 1 is 0.906 bits per heavy atom. The first-order chi connectivity index (χ1) is 15.8. The topological polar surface area (TPSA) is 44.7 Å². The van der Waals surface area contributed by atoms with E-state index < -0.39 is 0 Å². The molecule has 3 aromatic rings. The van der Waals surface area contributed by atoms with Gasteiger partial charge < -0.3 is 15.2 Å². The molecule has 1 aliphatic heterocycles. The first kappa shape index (κ1) is 21.2. The van der Waals surface area contributed by atoms with Gasteiger partial charge in [-0.05, 0) is 53.1 Å². The number of hydrogen-bond donors (Lipinski definition) is 2. The lowest BCUT2D eigenvalue weighted by atomic mass is 10.0. The van der Waals surface area contributed by atoms with Crippen LogP contribution in [0.3, 0.4) is 0 Å². The van der Waals surface area contributed by atoms with Crippen molar-refractivity contribution < 1.29 is 9.84 Å². The fraction of sp³-hybridized carbons (Fsp3) is 0.357. The molecular formula is C28H32N2O2. The summed E-state index contributed by atoms with van der Waals surface area (Å²) in [6.07, 6.45) is 2.86. The third-order valence-corrected chi connectivity index (χ3v) is 6.76. The van der Waals surface area contributed by atoms with Gasteiger partial charge in [0.25, 0.3) is 0 Å². The Balaban J connectivity index is 1.23. The molecule has 0 saturated carbocycles. The minimum atomic E-state index is -0.173. The number of rotatable bonds is 8. The monoisotopic (exact) mass is 428 g/mol. The third kappa shape index (κ3) is 4.88. The fourth-order valence-corrected chi connectivity index (χ4v) is 5.02. The summed E-state index contributed by atoms with van der Waals surface area (Å²) in [7, 11) is 0. The summed E-state index contributed by atoms with van der Waals surface area (Å²) in [6, 6.07) is 25.9. The molecule has 2 N–H and O–H groups in total. The number of likely N-dealkylation sites (tertiary alicyclic amines) is 1. The molecule has 166 valence electrons. The van der Waals surface area contributed by atoms with E-state index in [1.165, 1.54) is 27.8 Å². The Hall–Kier alpha value is -2.66. The van der Waals surface area contributed by atoms with E-state index in [-0.39, 0.29) is 6.10 Å². The summed E-state index contributed by atoms with van der Waals surface area (Å²) >= 11 is 0. The normalized spacial score (nSPS) is 20.4. The SMILES string of the molecule is OC1CCN(Cc2ccccc2CNC2CCc3c(OCc4ccccc4)cccc32)C1. The number of hydrogen-bond acceptors (Lipinski definition) is 4. The number of ether oxygens (including phenoxy) is 1. The van der Waals surface area contributed by atoms with Gasteiger partial charge in [-0.15, -0.1) is 0 Å². The van der Waals surface area contributed by atoms with Crippen molar-refractivity contribution in [2.45, 2.75) is 51.1 Å². The predicted octanol–water partition coefficient (Wildman–Crippen LogP) is 4.61. The number of nitrogens with zero attached hydrogens (tertiary/aromatic N) is 1. The Bertz CT molecular complexity index is 1040. The predicted molar refractivity (Wildman–Crippen MR) is 127 cm³/mol. The van der Waals surface area contributed by atoms with Crippen LogP contribution in [0.25, 0.3) is 0 Å². The van der Waals surface area contributed by atoms with E-state index in [1.54, 1.807) is 0 Å². The lowest BCUT2D eigenvalue weighted by molar-refractivity contribution is 0.174. The van der Waals surface area contributed by atoms with Crippen LogP contribution in [0.1, 0.15) is 46.7 Å². The first-order valence-corrected chi connectivity index (χ1v) is 11.8. The minimum absolute atomic E-state index is 0.173. The van der Waals surface area contributed by atoms with Crippen LogP contribution in [0.2, 0.25) is 0 Å². The number of β-amino-alcohol motifs (C(OH)–C–C–N with tert-alkyl or cyclic N) is 1. The molecule has 1 heterocycles. The Kier molecular flexibility index (Phi) is 6.54. The summed E-state index contributed by atoms with van der Waals surface area (Å²) in [4.78, 5) is 2.35. The van der Waals surface area contributed by atoms with E-state index in [1.807, 2.05) is 6.07 Å². The minimum Gasteiger partial charge on any atom is -0.489 e. The molecular weight excluding hydrogens is 396 g/mol. The molecule has 5 rings (SSSR count). The van der Waals surface area contributed by atoms with Crippen molar-refractivity contribution in [1.82, 2.24) is 10.2 Å². The van der Waals surface area contributed by atoms with Crippen LogP contribution in [-0.2, 0) is 26.1 Å². The van der Waals surface area contributed by atoms with Gasteiger partial charge in [0.15, 0.2) is 0 Å². The second-order valence-electron chi connectivity index (χ2n) is 9.02. The lowest BCUT2D eigenvalue weighted by Crippen LogP contribution is -2.24. The molecule has 0 bridgehead atoms. The lowest BCUT2D eigenvalue weighted by Gasteiger charge is -2.20. The van der Waals surface area contributed by atoms with Crippen LogP contribution in [-0.4, -0.2) is 29.2 Å². The maximum atomic E-state index is 9.85. The molecule has 0 amide bonds. The van der Waals surface area contributed by atoms with Crippen molar-refractivity contribution >= 4 is 0 Å². The highest BCUT2D eigenvalue weighted by molar-refractivity contribution is 5.45. The van der Waals surface area contributed by atoms with Crippen molar-refractivity contribution in [3.63, 3.8) is 0 Å². The zero-order valence-electron chi connectivity index (χ0n) is 18.5. The van der Waals surface area contributed by atoms with Crippen molar-refractivity contribution in [3.05, 3.63) is 101 Å². The zero-order chi connectivity index (χ0) is 21.8. The van der Waals surface area contributed by atoms with Crippen molar-refractivity contribution in [1.29, 1.82) is 0 Å². The summed E-state index contributed by atoms with van der Waals surface area (Å²) in [5.41, 5.74) is 6.61. The number of nitrogens with one attached hydrogen (secondary N) is 1. The molecule has 2 aliphatic rings. The third-order valence-electron chi connectivity index (χ3n) is 6.76. The van der Waals surface area contributed by atoms with Gasteiger partial charge in [0.1, 0.15) is 12.4 Å². The Labute approximate surface area is 190 Å². The average Bonchev–Trinajstić information content (AvgIpc) is 3.44. The maximum absolute atomic E-state index is 9.85. The van der Waals surface area contributed by atoms with Crippen LogP contribution < -0.4 is 10.1 Å². The van der Waals surface area contributed by atoms with E-state index in [0.29, 0.717) is 12.6 Å². The van der Waals surface area contributed by atoms with Gasteiger partial charge in [-0.2, -0.15) is 0 Å². The van der Waals surface area contributed by atoms with Crippen LogP contribution in [0.4, 0.5) is 0 Å². The molecule has 1 saturated heterocycles. The average molecular weight is 429 g/mol. The molecule has 0 aromatic heterocycles. The van der Waals surface area contributed by atoms with Gasteiger partial charge in [0.2, 0.25) is 0 Å². The van der Waals surface area contributed by atoms with Crippen LogP contribution in [0.15, 0.2) is 72.8 Å². The second-order valence-corrected chi connectivity index (χ2v) is 9.02. The molecule has 32 heavy (non-hydrogen) atoms. The first-order valence-electron chi connectivity index (χ1n) is 11.8. The van der Waals surface area contributed by atoms with Gasteiger partial charge >= 0.3 is 0 Å². The van der Waals surface area contributed by atoms with Gasteiger partial charge in [-0.3, -0.25) is 4.90 Å². The highest BCUT2D eigenvalue weighted by Gasteiger charge is 2.25. The van der Waals surface area contributed by atoms with Gasteiger partial charge in [-0.1, -0.05) is 66.7 Å². The van der Waals surface area contributed by atoms with Crippen molar-refractivity contribution in [2.75, 3.05) is 13.1 Å². The molecule has 4 heteroatoms. The standard InChI is InChI=1S/C28H32N2O2/c31-24-15-16-30(19-24)18-23-10-5-4-9-22(23)17-29-27-14-13-26-25(27)11-6-12-28(26)32-20-21-7-2-1-3-8-21/h1-12,24,27,29,31H,13-20H2. The van der Waals surface area contributed by atoms with Crippen LogP contribution >= 0.6 is 0 Å². The van der Waals surface area contributed by atoms with Crippen molar-refractivity contribution in [2.24, 2.45) is 0 Å². The summed E-state index contributed by atoms with van der Waals surface area (Å²) < 4.78 is 6.19. The number of benzene rings is 3. The molecule has 4 nitrogen and oxygen atoms in total. The van der Waals surface area contributed by atoms with E-state index in [4.69, 9.17) is 4.74 Å². The highest BCUT2D eigenvalue weighted by atomic mass is 16.5. The van der Waals surface area contributed by atoms with Crippen LogP contribution in [0, 0.1) is 0 Å². The zero-order valence-corrected chi connectivity index (χ0v) is 18.5. The quantitative estimate of drug-likeness (QED) is 0.550. The van der Waals surface area contributed by atoms with Crippen molar-refractivity contribution in [3.8, 4) is 5.75 Å². The molecule has 2 unspecified atom stereocenters. The molecule has 3 aromatic carbocycles. The van der Waals surface area contributed by atoms with Gasteiger partial charge in [0.05, 0.1) is 6.10 Å². The second kappa shape index (κ2) is 9.86. The van der Waals surface area contributed by atoms with E-state index in [2.05, 4.69) is 76.9 Å². The molecule has 1 aliphatic carbocycles. The molecule has 0 spiro atoms. The molecule has 0 radical (unpaired) electrons. The molecule has 1 fully saturated rings. The van der Waals surface area contributed by atoms with Gasteiger partial charge in [0, 0.05) is 32.2 Å². The summed E-state index contributed by atoms with van der Waals surface area (Å²) in [5, 5.41) is 13.7. The smallest absolute Gasteiger partial charge is 0.123 e. The Morgan fingerprint density at radius 2 is 1.72 bits per heavy atom. The maximum Gasteiger partial charge on any atom is 0.123 e. The number of aliphatic hydroxyl groups excluding tert-OH is 1. The Morgan fingerprint density at radius 3 is 2.53 bits per heavy atom. The highest BCUT2D eigenvalue weighted by Crippen LogP contribution is 2.37. The summed E-state index contributed by atoms with van der Waals surface area (Å²) in [6.45, 7) is 4.13. The molecule has 2 atom stereocenters. The van der Waals surface area contributed by atoms with Gasteiger partial charge in [-0.25, -0.2) is 0 Å². The van der Waals surface area contributed by atoms with E-state index >= 15 is 0 Å².